The van der Waals surface area contributed by atoms with Gasteiger partial charge >= 0.3 is 0 Å². The van der Waals surface area contributed by atoms with Crippen molar-refractivity contribution in [3.8, 4) is 0 Å². The second-order valence-corrected chi connectivity index (χ2v) is 3.06. The van der Waals surface area contributed by atoms with Crippen molar-refractivity contribution in [3.05, 3.63) is 0 Å². The van der Waals surface area contributed by atoms with Gasteiger partial charge in [-0.2, -0.15) is 0 Å². The fraction of sp³-hybridized carbons (Fsp3) is 0.818. The first kappa shape index (κ1) is 15.8. The van der Waals surface area contributed by atoms with Crippen LogP contribution in [0.1, 0.15) is 51.9 Å². The molecule has 0 atom stereocenters. The average molecular weight is 202 g/mol. The van der Waals surface area contributed by atoms with Gasteiger partial charge in [-0.25, -0.2) is 0 Å². The molecule has 0 aliphatic rings. The summed E-state index contributed by atoms with van der Waals surface area (Å²) in [6.45, 7) is 2.58. The first-order valence-electron chi connectivity index (χ1n) is 5.31. The summed E-state index contributed by atoms with van der Waals surface area (Å²) in [5.41, 5.74) is 0. The molecule has 0 bridgehead atoms. The Balaban J connectivity index is 0. The molecule has 0 heterocycles. The van der Waals surface area contributed by atoms with Crippen molar-refractivity contribution in [1.29, 1.82) is 0 Å². The SMILES string of the molecule is CCCCCCCCO.O=CCC=O. The van der Waals surface area contributed by atoms with E-state index in [1.165, 1.54) is 32.1 Å². The molecule has 0 rings (SSSR count). The first-order chi connectivity index (χ1) is 6.83. The van der Waals surface area contributed by atoms with Crippen LogP contribution in [0.15, 0.2) is 0 Å². The van der Waals surface area contributed by atoms with E-state index in [-0.39, 0.29) is 6.42 Å². The van der Waals surface area contributed by atoms with Crippen molar-refractivity contribution in [2.24, 2.45) is 0 Å². The lowest BCUT2D eigenvalue weighted by Crippen LogP contribution is -1.82. The summed E-state index contributed by atoms with van der Waals surface area (Å²) in [5.74, 6) is 0. The summed E-state index contributed by atoms with van der Waals surface area (Å²) in [4.78, 5) is 18.3. The minimum Gasteiger partial charge on any atom is -0.396 e. The number of carbonyl (C=O) groups is 2. The molecule has 0 aromatic rings. The van der Waals surface area contributed by atoms with Crippen LogP contribution in [-0.2, 0) is 9.59 Å². The van der Waals surface area contributed by atoms with Gasteiger partial charge in [0.05, 0.1) is 6.42 Å². The molecule has 1 N–H and O–H groups in total. The molecule has 3 nitrogen and oxygen atoms in total. The van der Waals surface area contributed by atoms with E-state index in [4.69, 9.17) is 5.11 Å². The molecule has 0 unspecified atom stereocenters. The van der Waals surface area contributed by atoms with Gasteiger partial charge in [-0.1, -0.05) is 39.0 Å². The summed E-state index contributed by atoms with van der Waals surface area (Å²) in [6.07, 6.45) is 8.65. The predicted octanol–water partition coefficient (Wildman–Crippen LogP) is 2.11. The third kappa shape index (κ3) is 22.5. The summed E-state index contributed by atoms with van der Waals surface area (Å²) in [5, 5.41) is 8.42. The number of aliphatic hydroxyl groups excluding tert-OH is 1. The van der Waals surface area contributed by atoms with Gasteiger partial charge in [0.1, 0.15) is 12.6 Å². The molecule has 0 spiro atoms. The highest BCUT2D eigenvalue weighted by molar-refractivity contribution is 5.72. The van der Waals surface area contributed by atoms with E-state index >= 15 is 0 Å². The van der Waals surface area contributed by atoms with Crippen LogP contribution in [0.2, 0.25) is 0 Å². The van der Waals surface area contributed by atoms with Crippen LogP contribution < -0.4 is 0 Å². The summed E-state index contributed by atoms with van der Waals surface area (Å²) >= 11 is 0. The van der Waals surface area contributed by atoms with Crippen molar-refractivity contribution in [2.75, 3.05) is 6.61 Å². The number of hydrogen-bond donors (Lipinski definition) is 1. The number of unbranched alkanes of at least 4 members (excludes halogenated alkanes) is 5. The second-order valence-electron chi connectivity index (χ2n) is 3.06. The van der Waals surface area contributed by atoms with Crippen LogP contribution in [0.25, 0.3) is 0 Å². The van der Waals surface area contributed by atoms with Crippen molar-refractivity contribution >= 4 is 12.6 Å². The molecule has 0 aromatic carbocycles. The number of aldehydes is 2. The smallest absolute Gasteiger partial charge is 0.127 e. The van der Waals surface area contributed by atoms with Crippen LogP contribution in [0, 0.1) is 0 Å². The molecule has 0 amide bonds. The highest BCUT2D eigenvalue weighted by Crippen LogP contribution is 2.03. The Morgan fingerprint density at radius 3 is 1.79 bits per heavy atom. The Morgan fingerprint density at radius 1 is 0.929 bits per heavy atom. The summed E-state index contributed by atoms with van der Waals surface area (Å²) in [7, 11) is 0. The average Bonchev–Trinajstić information content (AvgIpc) is 2.20. The molecule has 14 heavy (non-hydrogen) atoms. The monoisotopic (exact) mass is 202 g/mol. The van der Waals surface area contributed by atoms with Crippen LogP contribution in [0.4, 0.5) is 0 Å². The van der Waals surface area contributed by atoms with Gasteiger partial charge < -0.3 is 14.7 Å². The maximum atomic E-state index is 9.17. The van der Waals surface area contributed by atoms with Gasteiger partial charge in [-0.05, 0) is 6.42 Å². The summed E-state index contributed by atoms with van der Waals surface area (Å²) < 4.78 is 0. The molecule has 0 aromatic heterocycles. The second kappa shape index (κ2) is 18.2. The number of aliphatic hydroxyl groups is 1. The van der Waals surface area contributed by atoms with Crippen LogP contribution in [0.5, 0.6) is 0 Å². The maximum Gasteiger partial charge on any atom is 0.127 e. The molecule has 0 aliphatic carbocycles. The van der Waals surface area contributed by atoms with Gasteiger partial charge in [0, 0.05) is 6.61 Å². The molecule has 0 aliphatic heterocycles. The lowest BCUT2D eigenvalue weighted by atomic mass is 10.1. The predicted molar refractivity (Wildman–Crippen MR) is 57.2 cm³/mol. The van der Waals surface area contributed by atoms with Crippen LogP contribution in [-0.4, -0.2) is 24.3 Å². The first-order valence-corrected chi connectivity index (χ1v) is 5.31. The largest absolute Gasteiger partial charge is 0.396 e. The van der Waals surface area contributed by atoms with Gasteiger partial charge in [0.15, 0.2) is 0 Å². The fourth-order valence-electron chi connectivity index (χ4n) is 0.931. The highest BCUT2D eigenvalue weighted by atomic mass is 16.2. The molecule has 0 radical (unpaired) electrons. The number of hydrogen-bond acceptors (Lipinski definition) is 3. The minimum absolute atomic E-state index is 0.0278. The van der Waals surface area contributed by atoms with E-state index < -0.39 is 0 Å². The lowest BCUT2D eigenvalue weighted by molar-refractivity contribution is -0.114. The topological polar surface area (TPSA) is 54.4 Å². The Morgan fingerprint density at radius 2 is 1.43 bits per heavy atom. The molecule has 0 saturated carbocycles. The molecular formula is C11H22O3. The molecular weight excluding hydrogens is 180 g/mol. The van der Waals surface area contributed by atoms with Crippen molar-refractivity contribution < 1.29 is 14.7 Å². The fourth-order valence-corrected chi connectivity index (χ4v) is 0.931. The van der Waals surface area contributed by atoms with Crippen molar-refractivity contribution in [3.63, 3.8) is 0 Å². The molecule has 84 valence electrons. The molecule has 0 saturated heterocycles. The zero-order chi connectivity index (χ0) is 11.1. The van der Waals surface area contributed by atoms with Gasteiger partial charge in [-0.3, -0.25) is 0 Å². The standard InChI is InChI=1S/C8H18O.C3H4O2/c1-2-3-4-5-6-7-8-9;4-2-1-3-5/h9H,2-8H2,1H3;2-3H,1H2. The molecule has 0 fully saturated rings. The lowest BCUT2D eigenvalue weighted by Gasteiger charge is -1.95. The van der Waals surface area contributed by atoms with Crippen LogP contribution >= 0.6 is 0 Å². The van der Waals surface area contributed by atoms with E-state index in [2.05, 4.69) is 6.92 Å². The van der Waals surface area contributed by atoms with E-state index in [0.29, 0.717) is 19.2 Å². The van der Waals surface area contributed by atoms with Gasteiger partial charge in [0.2, 0.25) is 0 Å². The Kier molecular flexibility index (Phi) is 20.4. The van der Waals surface area contributed by atoms with E-state index in [9.17, 15) is 9.59 Å². The maximum absolute atomic E-state index is 9.17. The highest BCUT2D eigenvalue weighted by Gasteiger charge is 1.86. The third-order valence-electron chi connectivity index (χ3n) is 1.70. The zero-order valence-corrected chi connectivity index (χ0v) is 9.08. The minimum atomic E-state index is 0.0278. The van der Waals surface area contributed by atoms with Crippen molar-refractivity contribution in [2.45, 2.75) is 51.9 Å². The summed E-state index contributed by atoms with van der Waals surface area (Å²) in [6, 6.07) is 0. The third-order valence-corrected chi connectivity index (χ3v) is 1.70. The van der Waals surface area contributed by atoms with Gasteiger partial charge in [0.25, 0.3) is 0 Å². The quantitative estimate of drug-likeness (QED) is 0.372. The molecule has 3 heteroatoms. The number of carbonyl (C=O) groups excluding carboxylic acids is 2. The Labute approximate surface area is 86.5 Å². The van der Waals surface area contributed by atoms with Crippen LogP contribution in [0.3, 0.4) is 0 Å². The number of rotatable bonds is 8. The zero-order valence-electron chi connectivity index (χ0n) is 9.08. The van der Waals surface area contributed by atoms with E-state index in [1.54, 1.807) is 0 Å². The van der Waals surface area contributed by atoms with E-state index in [0.717, 1.165) is 6.42 Å². The Hall–Kier alpha value is -0.700. The van der Waals surface area contributed by atoms with Crippen molar-refractivity contribution in [1.82, 2.24) is 0 Å². The van der Waals surface area contributed by atoms with Gasteiger partial charge in [-0.15, -0.1) is 0 Å². The normalized spacial score (nSPS) is 8.71. The Bertz CT molecular complexity index is 101. The van der Waals surface area contributed by atoms with E-state index in [1.807, 2.05) is 0 Å².